The summed E-state index contributed by atoms with van der Waals surface area (Å²) in [5, 5.41) is 3.08. The molecule has 1 amide bonds. The molecule has 1 saturated carbocycles. The van der Waals surface area contributed by atoms with Crippen molar-refractivity contribution in [3.8, 4) is 0 Å². The zero-order valence-electron chi connectivity index (χ0n) is 11.6. The van der Waals surface area contributed by atoms with Crippen LogP contribution in [0, 0.1) is 11.3 Å². The van der Waals surface area contributed by atoms with Crippen LogP contribution in [0.2, 0.25) is 0 Å². The van der Waals surface area contributed by atoms with Crippen molar-refractivity contribution >= 4 is 5.91 Å². The SMILES string of the molecule is CCC1(CNC(=O)CC(N)C(C)C)CCCC1. The largest absolute Gasteiger partial charge is 0.355 e. The first-order valence-electron chi connectivity index (χ1n) is 7.01. The summed E-state index contributed by atoms with van der Waals surface area (Å²) in [6.45, 7) is 7.19. The van der Waals surface area contributed by atoms with E-state index in [1.54, 1.807) is 0 Å². The van der Waals surface area contributed by atoms with Crippen molar-refractivity contribution in [2.24, 2.45) is 17.1 Å². The van der Waals surface area contributed by atoms with Gasteiger partial charge in [-0.25, -0.2) is 0 Å². The third-order valence-electron chi connectivity index (χ3n) is 4.35. The van der Waals surface area contributed by atoms with Gasteiger partial charge in [0.25, 0.3) is 0 Å². The number of hydrogen-bond donors (Lipinski definition) is 2. The Bertz CT molecular complexity index is 245. The highest BCUT2D eigenvalue weighted by Crippen LogP contribution is 2.40. The third kappa shape index (κ3) is 4.30. The molecule has 1 fully saturated rings. The van der Waals surface area contributed by atoms with E-state index in [0.717, 1.165) is 6.54 Å². The molecule has 3 heteroatoms. The molecule has 0 saturated heterocycles. The van der Waals surface area contributed by atoms with Crippen LogP contribution in [0.25, 0.3) is 0 Å². The van der Waals surface area contributed by atoms with Crippen LogP contribution in [0.15, 0.2) is 0 Å². The Labute approximate surface area is 106 Å². The standard InChI is InChI=1S/C14H28N2O/c1-4-14(7-5-6-8-14)10-16-13(17)9-12(15)11(2)3/h11-12H,4-10,15H2,1-3H3,(H,16,17). The van der Waals surface area contributed by atoms with E-state index in [4.69, 9.17) is 5.73 Å². The van der Waals surface area contributed by atoms with Gasteiger partial charge in [0.2, 0.25) is 5.91 Å². The molecule has 0 radical (unpaired) electrons. The fraction of sp³-hybridized carbons (Fsp3) is 0.929. The smallest absolute Gasteiger partial charge is 0.221 e. The Balaban J connectivity index is 2.32. The molecular weight excluding hydrogens is 212 g/mol. The molecule has 1 rings (SSSR count). The Morgan fingerprint density at radius 1 is 1.35 bits per heavy atom. The number of nitrogens with two attached hydrogens (primary N) is 1. The molecule has 1 atom stereocenters. The lowest BCUT2D eigenvalue weighted by molar-refractivity contribution is -0.122. The highest BCUT2D eigenvalue weighted by Gasteiger charge is 2.32. The van der Waals surface area contributed by atoms with Crippen LogP contribution in [0.4, 0.5) is 0 Å². The average molecular weight is 240 g/mol. The maximum absolute atomic E-state index is 11.8. The molecule has 0 bridgehead atoms. The Hall–Kier alpha value is -0.570. The number of hydrogen-bond acceptors (Lipinski definition) is 2. The number of amides is 1. The molecule has 0 aliphatic heterocycles. The molecule has 3 N–H and O–H groups in total. The molecule has 0 heterocycles. The van der Waals surface area contributed by atoms with E-state index in [0.29, 0.717) is 17.8 Å². The van der Waals surface area contributed by atoms with Gasteiger partial charge in [-0.1, -0.05) is 33.6 Å². The Morgan fingerprint density at radius 3 is 2.41 bits per heavy atom. The Kier molecular flexibility index (Phi) is 5.44. The van der Waals surface area contributed by atoms with E-state index in [9.17, 15) is 4.79 Å². The Morgan fingerprint density at radius 2 is 1.94 bits per heavy atom. The van der Waals surface area contributed by atoms with Crippen LogP contribution in [0.1, 0.15) is 59.3 Å². The van der Waals surface area contributed by atoms with Crippen LogP contribution in [0.3, 0.4) is 0 Å². The van der Waals surface area contributed by atoms with Crippen molar-refractivity contribution in [3.05, 3.63) is 0 Å². The second-order valence-corrected chi connectivity index (χ2v) is 5.95. The van der Waals surface area contributed by atoms with Crippen LogP contribution in [-0.4, -0.2) is 18.5 Å². The molecule has 0 aromatic rings. The van der Waals surface area contributed by atoms with E-state index >= 15 is 0 Å². The van der Waals surface area contributed by atoms with Gasteiger partial charge in [0.1, 0.15) is 0 Å². The summed E-state index contributed by atoms with van der Waals surface area (Å²) in [5.74, 6) is 0.485. The minimum absolute atomic E-state index is 0.0174. The quantitative estimate of drug-likeness (QED) is 0.749. The van der Waals surface area contributed by atoms with Crippen LogP contribution in [0.5, 0.6) is 0 Å². The second kappa shape index (κ2) is 6.39. The van der Waals surface area contributed by atoms with Crippen LogP contribution in [-0.2, 0) is 4.79 Å². The van der Waals surface area contributed by atoms with Crippen molar-refractivity contribution in [3.63, 3.8) is 0 Å². The van der Waals surface area contributed by atoms with Crippen LogP contribution < -0.4 is 11.1 Å². The van der Waals surface area contributed by atoms with Gasteiger partial charge in [-0.05, 0) is 30.6 Å². The van der Waals surface area contributed by atoms with E-state index < -0.39 is 0 Å². The van der Waals surface area contributed by atoms with Gasteiger partial charge in [-0.15, -0.1) is 0 Å². The van der Waals surface area contributed by atoms with Crippen LogP contribution >= 0.6 is 0 Å². The molecule has 0 aromatic heterocycles. The second-order valence-electron chi connectivity index (χ2n) is 5.95. The molecule has 0 spiro atoms. The van der Waals surface area contributed by atoms with Crippen molar-refractivity contribution < 1.29 is 4.79 Å². The van der Waals surface area contributed by atoms with Gasteiger partial charge in [-0.2, -0.15) is 0 Å². The lowest BCUT2D eigenvalue weighted by atomic mass is 9.83. The molecule has 1 aliphatic carbocycles. The minimum atomic E-state index is -0.0174. The summed E-state index contributed by atoms with van der Waals surface area (Å²) in [6.07, 6.45) is 6.78. The predicted molar refractivity (Wildman–Crippen MR) is 71.6 cm³/mol. The zero-order chi connectivity index (χ0) is 12.9. The normalized spacial score (nSPS) is 20.5. The predicted octanol–water partition coefficient (Wildman–Crippen LogP) is 2.45. The van der Waals surface area contributed by atoms with Gasteiger partial charge in [0, 0.05) is 19.0 Å². The van der Waals surface area contributed by atoms with Crippen molar-refractivity contribution in [1.29, 1.82) is 0 Å². The summed E-state index contributed by atoms with van der Waals surface area (Å²) < 4.78 is 0. The number of rotatable bonds is 6. The fourth-order valence-corrected chi connectivity index (χ4v) is 2.59. The summed E-state index contributed by atoms with van der Waals surface area (Å²) in [5.41, 5.74) is 6.28. The van der Waals surface area contributed by atoms with E-state index in [2.05, 4.69) is 26.1 Å². The molecule has 1 aliphatic rings. The first-order valence-corrected chi connectivity index (χ1v) is 7.01. The topological polar surface area (TPSA) is 55.1 Å². The summed E-state index contributed by atoms with van der Waals surface area (Å²) in [6, 6.07) is -0.0174. The first-order chi connectivity index (χ1) is 7.99. The number of nitrogens with one attached hydrogen (secondary N) is 1. The summed E-state index contributed by atoms with van der Waals surface area (Å²) in [4.78, 5) is 11.8. The maximum Gasteiger partial charge on any atom is 0.221 e. The van der Waals surface area contributed by atoms with Gasteiger partial charge < -0.3 is 11.1 Å². The first kappa shape index (κ1) is 14.5. The summed E-state index contributed by atoms with van der Waals surface area (Å²) in [7, 11) is 0. The molecule has 0 aromatic carbocycles. The fourth-order valence-electron chi connectivity index (χ4n) is 2.59. The lowest BCUT2D eigenvalue weighted by Crippen LogP contribution is -2.39. The third-order valence-corrected chi connectivity index (χ3v) is 4.35. The lowest BCUT2D eigenvalue weighted by Gasteiger charge is -2.28. The van der Waals surface area contributed by atoms with E-state index in [1.165, 1.54) is 32.1 Å². The summed E-state index contributed by atoms with van der Waals surface area (Å²) >= 11 is 0. The zero-order valence-corrected chi connectivity index (χ0v) is 11.6. The van der Waals surface area contributed by atoms with E-state index in [-0.39, 0.29) is 11.9 Å². The van der Waals surface area contributed by atoms with Gasteiger partial charge in [0.15, 0.2) is 0 Å². The van der Waals surface area contributed by atoms with E-state index in [1.807, 2.05) is 0 Å². The maximum atomic E-state index is 11.8. The molecule has 17 heavy (non-hydrogen) atoms. The highest BCUT2D eigenvalue weighted by atomic mass is 16.1. The van der Waals surface area contributed by atoms with Gasteiger partial charge in [0.05, 0.1) is 0 Å². The van der Waals surface area contributed by atoms with Crippen molar-refractivity contribution in [2.75, 3.05) is 6.54 Å². The van der Waals surface area contributed by atoms with Gasteiger partial charge >= 0.3 is 0 Å². The number of carbonyl (C=O) groups excluding carboxylic acids is 1. The van der Waals surface area contributed by atoms with Crippen molar-refractivity contribution in [1.82, 2.24) is 5.32 Å². The molecule has 100 valence electrons. The molecular formula is C14H28N2O. The molecule has 3 nitrogen and oxygen atoms in total. The van der Waals surface area contributed by atoms with Gasteiger partial charge in [-0.3, -0.25) is 4.79 Å². The highest BCUT2D eigenvalue weighted by molar-refractivity contribution is 5.76. The number of carbonyl (C=O) groups is 1. The monoisotopic (exact) mass is 240 g/mol. The average Bonchev–Trinajstić information content (AvgIpc) is 2.75. The molecule has 1 unspecified atom stereocenters. The minimum Gasteiger partial charge on any atom is -0.355 e. The van der Waals surface area contributed by atoms with Crippen molar-refractivity contribution in [2.45, 2.75) is 65.3 Å².